The number of ether oxygens (including phenoxy) is 1. The molecule has 1 amide bonds. The zero-order chi connectivity index (χ0) is 14.9. The minimum absolute atomic E-state index is 0.165. The molecule has 118 valence electrons. The van der Waals surface area contributed by atoms with E-state index in [-0.39, 0.29) is 24.0 Å². The Morgan fingerprint density at radius 2 is 2.14 bits per heavy atom. The first-order valence-electron chi connectivity index (χ1n) is 8.25. The van der Waals surface area contributed by atoms with Crippen LogP contribution in [0.4, 0.5) is 5.95 Å². The van der Waals surface area contributed by atoms with E-state index in [4.69, 9.17) is 4.74 Å². The van der Waals surface area contributed by atoms with Crippen LogP contribution in [0.5, 0.6) is 0 Å². The quantitative estimate of drug-likeness (QED) is 0.898. The molecular formula is C16H22N4O2. The van der Waals surface area contributed by atoms with E-state index in [1.165, 1.54) is 6.42 Å². The van der Waals surface area contributed by atoms with Gasteiger partial charge in [0.15, 0.2) is 0 Å². The molecular weight excluding hydrogens is 280 g/mol. The van der Waals surface area contributed by atoms with Crippen molar-refractivity contribution in [1.82, 2.24) is 15.3 Å². The maximum absolute atomic E-state index is 11.9. The van der Waals surface area contributed by atoms with Gasteiger partial charge in [0, 0.05) is 43.9 Å². The highest BCUT2D eigenvalue weighted by molar-refractivity contribution is 5.79. The van der Waals surface area contributed by atoms with Crippen LogP contribution >= 0.6 is 0 Å². The minimum Gasteiger partial charge on any atom is -0.371 e. The fourth-order valence-corrected chi connectivity index (χ4v) is 3.64. The van der Waals surface area contributed by atoms with E-state index in [1.807, 2.05) is 6.07 Å². The Balaban J connectivity index is 1.26. The number of carbonyl (C=O) groups excluding carboxylic acids is 1. The van der Waals surface area contributed by atoms with Gasteiger partial charge in [0.1, 0.15) is 0 Å². The normalized spacial score (nSPS) is 30.9. The molecule has 4 rings (SSSR count). The molecule has 1 N–H and O–H groups in total. The van der Waals surface area contributed by atoms with Crippen LogP contribution < -0.4 is 10.2 Å². The second-order valence-corrected chi connectivity index (χ2v) is 6.62. The number of fused-ring (bicyclic) bond motifs is 1. The van der Waals surface area contributed by atoms with Crippen LogP contribution in [0.25, 0.3) is 0 Å². The Morgan fingerprint density at radius 1 is 1.32 bits per heavy atom. The first-order valence-corrected chi connectivity index (χ1v) is 8.25. The summed E-state index contributed by atoms with van der Waals surface area (Å²) in [6.45, 7) is 2.45. The van der Waals surface area contributed by atoms with Crippen molar-refractivity contribution in [3.8, 4) is 0 Å². The second kappa shape index (κ2) is 5.83. The zero-order valence-corrected chi connectivity index (χ0v) is 12.6. The molecule has 0 bridgehead atoms. The average molecular weight is 302 g/mol. The van der Waals surface area contributed by atoms with Crippen LogP contribution in [-0.2, 0) is 9.53 Å². The monoisotopic (exact) mass is 302 g/mol. The highest BCUT2D eigenvalue weighted by atomic mass is 16.5. The maximum Gasteiger partial charge on any atom is 0.225 e. The predicted octanol–water partition coefficient (Wildman–Crippen LogP) is 0.987. The van der Waals surface area contributed by atoms with Gasteiger partial charge in [-0.3, -0.25) is 4.79 Å². The van der Waals surface area contributed by atoms with Gasteiger partial charge < -0.3 is 15.0 Å². The Labute approximate surface area is 130 Å². The zero-order valence-electron chi connectivity index (χ0n) is 12.6. The molecule has 2 aliphatic heterocycles. The molecule has 6 heteroatoms. The lowest BCUT2D eigenvalue weighted by Crippen LogP contribution is -2.39. The first kappa shape index (κ1) is 13.9. The minimum atomic E-state index is 0.165. The third-order valence-corrected chi connectivity index (χ3v) is 5.13. The number of aromatic nitrogens is 2. The van der Waals surface area contributed by atoms with Gasteiger partial charge in [-0.25, -0.2) is 9.97 Å². The van der Waals surface area contributed by atoms with Gasteiger partial charge in [-0.2, -0.15) is 0 Å². The number of hydrogen-bond acceptors (Lipinski definition) is 5. The third-order valence-electron chi connectivity index (χ3n) is 5.13. The lowest BCUT2D eigenvalue weighted by atomic mass is 9.85. The average Bonchev–Trinajstić information content (AvgIpc) is 3.02. The lowest BCUT2D eigenvalue weighted by Gasteiger charge is -2.25. The van der Waals surface area contributed by atoms with Gasteiger partial charge in [0.25, 0.3) is 0 Å². The summed E-state index contributed by atoms with van der Waals surface area (Å²) in [6.07, 6.45) is 8.26. The molecule has 3 atom stereocenters. The van der Waals surface area contributed by atoms with E-state index < -0.39 is 0 Å². The first-order chi connectivity index (χ1) is 10.8. The molecule has 6 nitrogen and oxygen atoms in total. The van der Waals surface area contributed by atoms with E-state index in [2.05, 4.69) is 20.2 Å². The molecule has 3 fully saturated rings. The fraction of sp³-hybridized carbons (Fsp3) is 0.688. The Bertz CT molecular complexity index is 520. The summed E-state index contributed by atoms with van der Waals surface area (Å²) in [4.78, 5) is 22.7. The number of rotatable bonds is 4. The van der Waals surface area contributed by atoms with E-state index >= 15 is 0 Å². The maximum atomic E-state index is 11.9. The topological polar surface area (TPSA) is 67.4 Å². The molecule has 0 spiro atoms. The lowest BCUT2D eigenvalue weighted by molar-refractivity contribution is -0.128. The summed E-state index contributed by atoms with van der Waals surface area (Å²) in [5.74, 6) is 1.78. The Hall–Kier alpha value is -1.69. The largest absolute Gasteiger partial charge is 0.371 e. The molecule has 0 radical (unpaired) electrons. The SMILES string of the molecule is O=C(NC[C@@H]1C[C@H]2CN(c3ncccn3)C[C@H]2O1)C1CCC1. The molecule has 3 heterocycles. The van der Waals surface area contributed by atoms with Crippen LogP contribution in [0, 0.1) is 11.8 Å². The summed E-state index contributed by atoms with van der Waals surface area (Å²) in [5.41, 5.74) is 0. The molecule has 22 heavy (non-hydrogen) atoms. The summed E-state index contributed by atoms with van der Waals surface area (Å²) < 4.78 is 6.11. The van der Waals surface area contributed by atoms with Gasteiger partial charge >= 0.3 is 0 Å². The van der Waals surface area contributed by atoms with E-state index in [0.29, 0.717) is 12.5 Å². The van der Waals surface area contributed by atoms with Crippen molar-refractivity contribution in [3.63, 3.8) is 0 Å². The molecule has 3 aliphatic rings. The van der Waals surface area contributed by atoms with Crippen LogP contribution in [-0.4, -0.2) is 47.7 Å². The van der Waals surface area contributed by atoms with Gasteiger partial charge in [0.2, 0.25) is 11.9 Å². The molecule has 1 aromatic heterocycles. The fourth-order valence-electron chi connectivity index (χ4n) is 3.64. The van der Waals surface area contributed by atoms with E-state index in [1.54, 1.807) is 12.4 Å². The highest BCUT2D eigenvalue weighted by Gasteiger charge is 2.42. The van der Waals surface area contributed by atoms with Gasteiger partial charge in [-0.1, -0.05) is 6.42 Å². The van der Waals surface area contributed by atoms with Crippen LogP contribution in [0.2, 0.25) is 0 Å². The number of hydrogen-bond donors (Lipinski definition) is 1. The van der Waals surface area contributed by atoms with E-state index in [9.17, 15) is 4.79 Å². The smallest absolute Gasteiger partial charge is 0.225 e. The number of anilines is 1. The van der Waals surface area contributed by atoms with Gasteiger partial charge in [-0.05, 0) is 25.3 Å². The van der Waals surface area contributed by atoms with Gasteiger partial charge in [0.05, 0.1) is 12.2 Å². The van der Waals surface area contributed by atoms with Crippen LogP contribution in [0.3, 0.4) is 0 Å². The summed E-state index contributed by atoms with van der Waals surface area (Å²) in [6, 6.07) is 1.83. The molecule has 2 saturated heterocycles. The van der Waals surface area contributed by atoms with E-state index in [0.717, 1.165) is 38.3 Å². The van der Waals surface area contributed by atoms with Crippen molar-refractivity contribution in [2.75, 3.05) is 24.5 Å². The molecule has 0 unspecified atom stereocenters. The summed E-state index contributed by atoms with van der Waals surface area (Å²) in [7, 11) is 0. The molecule has 1 aliphatic carbocycles. The highest BCUT2D eigenvalue weighted by Crippen LogP contribution is 2.34. The summed E-state index contributed by atoms with van der Waals surface area (Å²) in [5, 5.41) is 3.06. The van der Waals surface area contributed by atoms with Crippen molar-refractivity contribution in [2.45, 2.75) is 37.9 Å². The standard InChI is InChI=1S/C16H22N4O2/c21-15(11-3-1-4-11)19-8-13-7-12-9-20(10-14(12)22-13)16-17-5-2-6-18-16/h2,5-6,11-14H,1,3-4,7-10H2,(H,19,21)/t12-,13-,14+/m0/s1. The number of amides is 1. The molecule has 1 saturated carbocycles. The van der Waals surface area contributed by atoms with Gasteiger partial charge in [-0.15, -0.1) is 0 Å². The van der Waals surface area contributed by atoms with Crippen LogP contribution in [0.1, 0.15) is 25.7 Å². The molecule has 1 aromatic rings. The number of carbonyl (C=O) groups is 1. The van der Waals surface area contributed by atoms with Crippen LogP contribution in [0.15, 0.2) is 18.5 Å². The number of nitrogens with one attached hydrogen (secondary N) is 1. The second-order valence-electron chi connectivity index (χ2n) is 6.62. The molecule has 0 aromatic carbocycles. The van der Waals surface area contributed by atoms with Crippen molar-refractivity contribution in [2.24, 2.45) is 11.8 Å². The van der Waals surface area contributed by atoms with Crippen molar-refractivity contribution in [1.29, 1.82) is 0 Å². The van der Waals surface area contributed by atoms with Crippen molar-refractivity contribution < 1.29 is 9.53 Å². The third kappa shape index (κ3) is 2.67. The Kier molecular flexibility index (Phi) is 3.70. The summed E-state index contributed by atoms with van der Waals surface area (Å²) >= 11 is 0. The number of nitrogens with zero attached hydrogens (tertiary/aromatic N) is 3. The predicted molar refractivity (Wildman–Crippen MR) is 81.4 cm³/mol. The Morgan fingerprint density at radius 3 is 2.82 bits per heavy atom. The van der Waals surface area contributed by atoms with Crippen molar-refractivity contribution >= 4 is 11.9 Å². The van der Waals surface area contributed by atoms with Crippen molar-refractivity contribution in [3.05, 3.63) is 18.5 Å².